The predicted octanol–water partition coefficient (Wildman–Crippen LogP) is 4.59. The van der Waals surface area contributed by atoms with Crippen LogP contribution in [0, 0.1) is 12.3 Å². The van der Waals surface area contributed by atoms with E-state index in [2.05, 4.69) is 22.9 Å². The SMILES string of the molecule is CCc1cccc(C)c1NC(=O)CNc1cccc(NC(=O)C(C)(C)C)c1. The summed E-state index contributed by atoms with van der Waals surface area (Å²) in [7, 11) is 0. The van der Waals surface area contributed by atoms with E-state index in [9.17, 15) is 9.59 Å². The van der Waals surface area contributed by atoms with Gasteiger partial charge in [0.1, 0.15) is 0 Å². The molecule has 0 aliphatic heterocycles. The number of carbonyl (C=O) groups excluding carboxylic acids is 2. The first-order valence-electron chi connectivity index (χ1n) is 9.24. The van der Waals surface area contributed by atoms with Crippen molar-refractivity contribution in [2.24, 2.45) is 5.41 Å². The van der Waals surface area contributed by atoms with Crippen molar-refractivity contribution in [1.29, 1.82) is 0 Å². The third-order valence-electron chi connectivity index (χ3n) is 4.26. The van der Waals surface area contributed by atoms with Crippen molar-refractivity contribution in [1.82, 2.24) is 0 Å². The maximum Gasteiger partial charge on any atom is 0.243 e. The average molecular weight is 367 g/mol. The van der Waals surface area contributed by atoms with Crippen LogP contribution in [-0.4, -0.2) is 18.4 Å². The van der Waals surface area contributed by atoms with Gasteiger partial charge in [0.15, 0.2) is 0 Å². The van der Waals surface area contributed by atoms with Crippen LogP contribution in [0.5, 0.6) is 0 Å². The minimum absolute atomic E-state index is 0.0518. The van der Waals surface area contributed by atoms with E-state index >= 15 is 0 Å². The lowest BCUT2D eigenvalue weighted by Crippen LogP contribution is -2.27. The van der Waals surface area contributed by atoms with Gasteiger partial charge in [0.2, 0.25) is 11.8 Å². The van der Waals surface area contributed by atoms with Crippen LogP contribution in [0.4, 0.5) is 17.1 Å². The highest BCUT2D eigenvalue weighted by Crippen LogP contribution is 2.22. The summed E-state index contributed by atoms with van der Waals surface area (Å²) >= 11 is 0. The van der Waals surface area contributed by atoms with Gasteiger partial charge < -0.3 is 16.0 Å². The van der Waals surface area contributed by atoms with Crippen LogP contribution in [0.15, 0.2) is 42.5 Å². The van der Waals surface area contributed by atoms with E-state index in [0.29, 0.717) is 5.69 Å². The zero-order chi connectivity index (χ0) is 20.0. The Kier molecular flexibility index (Phi) is 6.61. The number of benzene rings is 2. The van der Waals surface area contributed by atoms with Gasteiger partial charge in [0.25, 0.3) is 0 Å². The van der Waals surface area contributed by atoms with Gasteiger partial charge in [-0.05, 0) is 42.7 Å². The van der Waals surface area contributed by atoms with Crippen molar-refractivity contribution in [2.75, 3.05) is 22.5 Å². The minimum atomic E-state index is -0.464. The number of amides is 2. The standard InChI is InChI=1S/C22H29N3O2/c1-6-16-10-7-9-15(2)20(16)25-19(26)14-23-17-11-8-12-18(13-17)24-21(27)22(3,4)5/h7-13,23H,6,14H2,1-5H3,(H,24,27)(H,25,26). The fourth-order valence-corrected chi connectivity index (χ4v) is 2.59. The van der Waals surface area contributed by atoms with Crippen LogP contribution in [0.25, 0.3) is 0 Å². The Morgan fingerprint density at radius 2 is 1.63 bits per heavy atom. The van der Waals surface area contributed by atoms with Crippen molar-refractivity contribution >= 4 is 28.9 Å². The third-order valence-corrected chi connectivity index (χ3v) is 4.26. The molecule has 0 aliphatic rings. The first-order valence-corrected chi connectivity index (χ1v) is 9.24. The lowest BCUT2D eigenvalue weighted by atomic mass is 9.95. The molecule has 0 heterocycles. The normalized spacial score (nSPS) is 11.0. The third kappa shape index (κ3) is 5.84. The molecule has 0 bridgehead atoms. The maximum atomic E-state index is 12.4. The molecule has 2 aromatic rings. The van der Waals surface area contributed by atoms with E-state index in [-0.39, 0.29) is 18.4 Å². The lowest BCUT2D eigenvalue weighted by Gasteiger charge is -2.18. The van der Waals surface area contributed by atoms with Crippen LogP contribution >= 0.6 is 0 Å². The van der Waals surface area contributed by atoms with E-state index in [1.54, 1.807) is 0 Å². The highest BCUT2D eigenvalue weighted by atomic mass is 16.2. The van der Waals surface area contributed by atoms with Crippen molar-refractivity contribution < 1.29 is 9.59 Å². The van der Waals surface area contributed by atoms with E-state index in [1.807, 2.05) is 70.2 Å². The number of hydrogen-bond donors (Lipinski definition) is 3. The summed E-state index contributed by atoms with van der Waals surface area (Å²) in [6.07, 6.45) is 0.861. The lowest BCUT2D eigenvalue weighted by molar-refractivity contribution is -0.123. The molecule has 0 radical (unpaired) electrons. The molecule has 0 fully saturated rings. The zero-order valence-corrected chi connectivity index (χ0v) is 16.8. The van der Waals surface area contributed by atoms with Crippen LogP contribution < -0.4 is 16.0 Å². The summed E-state index contributed by atoms with van der Waals surface area (Å²) in [4.78, 5) is 24.5. The van der Waals surface area contributed by atoms with Gasteiger partial charge in [-0.25, -0.2) is 0 Å². The van der Waals surface area contributed by atoms with Gasteiger partial charge in [-0.3, -0.25) is 9.59 Å². The van der Waals surface area contributed by atoms with Crippen LogP contribution in [-0.2, 0) is 16.0 Å². The summed E-state index contributed by atoms with van der Waals surface area (Å²) in [5, 5.41) is 9.00. The fraction of sp³-hybridized carbons (Fsp3) is 0.364. The molecule has 3 N–H and O–H groups in total. The largest absolute Gasteiger partial charge is 0.376 e. The second kappa shape index (κ2) is 8.71. The first-order chi connectivity index (χ1) is 12.7. The minimum Gasteiger partial charge on any atom is -0.376 e. The number of hydrogen-bond acceptors (Lipinski definition) is 3. The molecular weight excluding hydrogens is 338 g/mol. The van der Waals surface area contributed by atoms with E-state index < -0.39 is 5.41 Å². The summed E-state index contributed by atoms with van der Waals surface area (Å²) < 4.78 is 0. The summed E-state index contributed by atoms with van der Waals surface area (Å²) in [6.45, 7) is 9.80. The molecule has 0 saturated heterocycles. The first kappa shape index (κ1) is 20.5. The van der Waals surface area contributed by atoms with Crippen molar-refractivity contribution in [3.8, 4) is 0 Å². The number of carbonyl (C=O) groups is 2. The van der Waals surface area contributed by atoms with Gasteiger partial charge in [0, 0.05) is 22.5 Å². The molecule has 0 spiro atoms. The number of anilines is 3. The molecule has 2 aromatic carbocycles. The second-order valence-electron chi connectivity index (χ2n) is 7.65. The van der Waals surface area contributed by atoms with Crippen LogP contribution in [0.3, 0.4) is 0 Å². The molecule has 5 heteroatoms. The average Bonchev–Trinajstić information content (AvgIpc) is 2.61. The molecule has 0 atom stereocenters. The zero-order valence-electron chi connectivity index (χ0n) is 16.8. The number of nitrogens with one attached hydrogen (secondary N) is 3. The molecule has 0 aliphatic carbocycles. The topological polar surface area (TPSA) is 70.2 Å². The number of rotatable bonds is 6. The van der Waals surface area contributed by atoms with Crippen molar-refractivity contribution in [3.05, 3.63) is 53.6 Å². The fourth-order valence-electron chi connectivity index (χ4n) is 2.59. The molecule has 0 unspecified atom stereocenters. The van der Waals surface area contributed by atoms with Gasteiger partial charge in [-0.2, -0.15) is 0 Å². The van der Waals surface area contributed by atoms with Crippen LogP contribution in [0.2, 0.25) is 0 Å². The molecule has 0 saturated carbocycles. The Balaban J connectivity index is 1.98. The maximum absolute atomic E-state index is 12.4. The Labute approximate surface area is 161 Å². The smallest absolute Gasteiger partial charge is 0.243 e. The summed E-state index contributed by atoms with van der Waals surface area (Å²) in [5.41, 5.74) is 4.07. The Bertz CT molecular complexity index is 823. The highest BCUT2D eigenvalue weighted by molar-refractivity contribution is 5.96. The molecule has 5 nitrogen and oxygen atoms in total. The van der Waals surface area contributed by atoms with Crippen molar-refractivity contribution in [2.45, 2.75) is 41.0 Å². The second-order valence-corrected chi connectivity index (χ2v) is 7.65. The number of para-hydroxylation sites is 1. The predicted molar refractivity (Wildman–Crippen MR) is 112 cm³/mol. The van der Waals surface area contributed by atoms with Gasteiger partial charge >= 0.3 is 0 Å². The van der Waals surface area contributed by atoms with Gasteiger partial charge in [-0.1, -0.05) is 52.0 Å². The molecule has 2 rings (SSSR count). The van der Waals surface area contributed by atoms with Crippen molar-refractivity contribution in [3.63, 3.8) is 0 Å². The quantitative estimate of drug-likeness (QED) is 0.699. The van der Waals surface area contributed by atoms with E-state index in [4.69, 9.17) is 0 Å². The van der Waals surface area contributed by atoms with Crippen LogP contribution in [0.1, 0.15) is 38.8 Å². The van der Waals surface area contributed by atoms with Gasteiger partial charge in [-0.15, -0.1) is 0 Å². The monoisotopic (exact) mass is 367 g/mol. The molecular formula is C22H29N3O2. The Morgan fingerprint density at radius 3 is 2.30 bits per heavy atom. The highest BCUT2D eigenvalue weighted by Gasteiger charge is 2.21. The van der Waals surface area contributed by atoms with Gasteiger partial charge in [0.05, 0.1) is 6.54 Å². The Hall–Kier alpha value is -2.82. The molecule has 2 amide bonds. The molecule has 144 valence electrons. The molecule has 0 aromatic heterocycles. The number of aryl methyl sites for hydroxylation is 2. The summed E-state index contributed by atoms with van der Waals surface area (Å²) in [6, 6.07) is 13.4. The Morgan fingerprint density at radius 1 is 0.963 bits per heavy atom. The summed E-state index contributed by atoms with van der Waals surface area (Å²) in [5.74, 6) is -0.160. The van der Waals surface area contributed by atoms with E-state index in [1.165, 1.54) is 0 Å². The van der Waals surface area contributed by atoms with E-state index in [0.717, 1.165) is 28.9 Å². The molecule has 27 heavy (non-hydrogen) atoms.